The van der Waals surface area contributed by atoms with Crippen LogP contribution in [0.4, 0.5) is 0 Å². The Hall–Kier alpha value is -1.96. The van der Waals surface area contributed by atoms with E-state index in [1.54, 1.807) is 15.9 Å². The second kappa shape index (κ2) is 8.42. The number of hydrogen-bond donors (Lipinski definition) is 1. The third kappa shape index (κ3) is 3.91. The molecule has 0 unspecified atom stereocenters. The number of aromatic hydroxyl groups is 1. The fourth-order valence-corrected chi connectivity index (χ4v) is 5.18. The molecule has 1 aliphatic heterocycles. The van der Waals surface area contributed by atoms with Gasteiger partial charge in [-0.25, -0.2) is 4.98 Å². The number of fused-ring (bicyclic) bond motifs is 1. The third-order valence-corrected chi connectivity index (χ3v) is 7.02. The van der Waals surface area contributed by atoms with Gasteiger partial charge in [-0.1, -0.05) is 63.3 Å². The van der Waals surface area contributed by atoms with Gasteiger partial charge in [-0.2, -0.15) is 4.52 Å². The standard InChI is InChI=1S/C22H31N5OS/c1-5-18-23-22-27(24-18)21(28)20(29-22)19(26-13-11-25(6-2)12-14-26)17-9-7-16(8-10-17)15(3)4/h7-10,15,19,28H,5-6,11-14H2,1-4H3/t19-/m0/s1. The molecule has 3 heterocycles. The minimum atomic E-state index is 0.0220. The van der Waals surface area contributed by atoms with Crippen molar-refractivity contribution in [2.45, 2.75) is 46.1 Å². The third-order valence-electron chi connectivity index (χ3n) is 5.95. The molecule has 1 fully saturated rings. The molecule has 4 rings (SSSR count). The summed E-state index contributed by atoms with van der Waals surface area (Å²) >= 11 is 1.56. The lowest BCUT2D eigenvalue weighted by Gasteiger charge is -2.38. The topological polar surface area (TPSA) is 56.9 Å². The molecule has 1 aliphatic rings. The first kappa shape index (κ1) is 20.3. The number of rotatable bonds is 6. The summed E-state index contributed by atoms with van der Waals surface area (Å²) in [5.41, 5.74) is 2.55. The Labute approximate surface area is 176 Å². The van der Waals surface area contributed by atoms with Gasteiger partial charge in [0, 0.05) is 32.6 Å². The molecule has 1 saturated heterocycles. The summed E-state index contributed by atoms with van der Waals surface area (Å²) in [5.74, 6) is 1.51. The zero-order valence-corrected chi connectivity index (χ0v) is 18.6. The highest BCUT2D eigenvalue weighted by atomic mass is 32.1. The van der Waals surface area contributed by atoms with Crippen molar-refractivity contribution in [1.29, 1.82) is 0 Å². The van der Waals surface area contributed by atoms with Crippen molar-refractivity contribution in [1.82, 2.24) is 24.4 Å². The molecule has 3 aromatic rings. The Kier molecular flexibility index (Phi) is 5.90. The molecule has 156 valence electrons. The fraction of sp³-hybridized carbons (Fsp3) is 0.545. The molecule has 6 nitrogen and oxygen atoms in total. The van der Waals surface area contributed by atoms with Crippen molar-refractivity contribution in [3.63, 3.8) is 0 Å². The number of hydrogen-bond acceptors (Lipinski definition) is 6. The molecule has 0 amide bonds. The Balaban J connectivity index is 1.74. The molecule has 1 atom stereocenters. The van der Waals surface area contributed by atoms with E-state index >= 15 is 0 Å². The van der Waals surface area contributed by atoms with E-state index in [0.29, 0.717) is 5.92 Å². The van der Waals surface area contributed by atoms with Gasteiger partial charge in [0.2, 0.25) is 10.8 Å². The Morgan fingerprint density at radius 1 is 1.03 bits per heavy atom. The van der Waals surface area contributed by atoms with Crippen LogP contribution in [-0.4, -0.2) is 62.2 Å². The number of nitrogens with zero attached hydrogens (tertiary/aromatic N) is 5. The number of likely N-dealkylation sites (N-methyl/N-ethyl adjacent to an activating group) is 1. The second-order valence-corrected chi connectivity index (χ2v) is 9.07. The maximum absolute atomic E-state index is 11.0. The number of piperazine rings is 1. The van der Waals surface area contributed by atoms with Crippen molar-refractivity contribution in [3.05, 3.63) is 46.1 Å². The van der Waals surface area contributed by atoms with Gasteiger partial charge in [0.25, 0.3) is 0 Å². The van der Waals surface area contributed by atoms with Crippen molar-refractivity contribution in [3.8, 4) is 5.88 Å². The number of benzene rings is 1. The predicted molar refractivity (Wildman–Crippen MR) is 118 cm³/mol. The molecular formula is C22H31N5OS. The summed E-state index contributed by atoms with van der Waals surface area (Å²) in [4.78, 5) is 11.3. The van der Waals surface area contributed by atoms with Gasteiger partial charge in [-0.3, -0.25) is 4.90 Å². The van der Waals surface area contributed by atoms with Crippen molar-refractivity contribution >= 4 is 16.3 Å². The monoisotopic (exact) mass is 413 g/mol. The number of aryl methyl sites for hydroxylation is 1. The van der Waals surface area contributed by atoms with Crippen LogP contribution in [-0.2, 0) is 6.42 Å². The smallest absolute Gasteiger partial charge is 0.230 e. The van der Waals surface area contributed by atoms with Gasteiger partial charge in [-0.15, -0.1) is 5.10 Å². The molecular weight excluding hydrogens is 382 g/mol. The number of aromatic nitrogens is 3. The molecule has 7 heteroatoms. The van der Waals surface area contributed by atoms with E-state index < -0.39 is 0 Å². The van der Waals surface area contributed by atoms with E-state index in [1.807, 2.05) is 6.92 Å². The minimum Gasteiger partial charge on any atom is -0.492 e. The van der Waals surface area contributed by atoms with Crippen molar-refractivity contribution in [2.75, 3.05) is 32.7 Å². The van der Waals surface area contributed by atoms with Crippen LogP contribution in [0.25, 0.3) is 4.96 Å². The maximum atomic E-state index is 11.0. The summed E-state index contributed by atoms with van der Waals surface area (Å²) in [6.07, 6.45) is 0.766. The molecule has 1 N–H and O–H groups in total. The van der Waals surface area contributed by atoms with Gasteiger partial charge in [0.1, 0.15) is 0 Å². The quantitative estimate of drug-likeness (QED) is 0.664. The average Bonchev–Trinajstić information content (AvgIpc) is 3.28. The lowest BCUT2D eigenvalue weighted by Crippen LogP contribution is -2.47. The Bertz CT molecular complexity index is 954. The summed E-state index contributed by atoms with van der Waals surface area (Å²) in [5, 5.41) is 15.5. The van der Waals surface area contributed by atoms with E-state index in [1.165, 1.54) is 11.1 Å². The van der Waals surface area contributed by atoms with Crippen LogP contribution < -0.4 is 0 Å². The molecule has 0 radical (unpaired) electrons. The fourth-order valence-electron chi connectivity index (χ4n) is 4.05. The van der Waals surface area contributed by atoms with Crippen LogP contribution in [0, 0.1) is 0 Å². The summed E-state index contributed by atoms with van der Waals surface area (Å²) in [6, 6.07) is 8.91. The highest BCUT2D eigenvalue weighted by molar-refractivity contribution is 7.17. The molecule has 0 spiro atoms. The van der Waals surface area contributed by atoms with Gasteiger partial charge >= 0.3 is 0 Å². The van der Waals surface area contributed by atoms with E-state index in [2.05, 4.69) is 64.9 Å². The lowest BCUT2D eigenvalue weighted by atomic mass is 9.97. The summed E-state index contributed by atoms with van der Waals surface area (Å²) < 4.78 is 1.61. The summed E-state index contributed by atoms with van der Waals surface area (Å²) in [6.45, 7) is 13.8. The van der Waals surface area contributed by atoms with Gasteiger partial charge in [-0.05, 0) is 23.6 Å². The van der Waals surface area contributed by atoms with Crippen molar-refractivity contribution < 1.29 is 5.11 Å². The van der Waals surface area contributed by atoms with Crippen LogP contribution in [0.15, 0.2) is 24.3 Å². The highest BCUT2D eigenvalue weighted by Crippen LogP contribution is 2.40. The predicted octanol–water partition coefficient (Wildman–Crippen LogP) is 3.91. The summed E-state index contributed by atoms with van der Waals surface area (Å²) in [7, 11) is 0. The number of thiazole rings is 1. The molecule has 1 aromatic carbocycles. The van der Waals surface area contributed by atoms with Gasteiger partial charge < -0.3 is 10.0 Å². The van der Waals surface area contributed by atoms with Gasteiger partial charge in [0.05, 0.1) is 10.9 Å². The van der Waals surface area contributed by atoms with Crippen LogP contribution in [0.2, 0.25) is 0 Å². The van der Waals surface area contributed by atoms with Gasteiger partial charge in [0.15, 0.2) is 5.82 Å². The first-order valence-corrected chi connectivity index (χ1v) is 11.5. The molecule has 0 aliphatic carbocycles. The largest absolute Gasteiger partial charge is 0.492 e. The normalized spacial score (nSPS) is 17.4. The minimum absolute atomic E-state index is 0.0220. The SMILES string of the molecule is CCc1nc2sc([C@H](c3ccc(C(C)C)cc3)N3CCN(CC)CC3)c(O)n2n1. The second-order valence-electron chi connectivity index (χ2n) is 8.06. The highest BCUT2D eigenvalue weighted by Gasteiger charge is 2.31. The molecule has 2 aromatic heterocycles. The van der Waals surface area contributed by atoms with Crippen LogP contribution in [0.3, 0.4) is 0 Å². The first-order valence-electron chi connectivity index (χ1n) is 10.6. The zero-order chi connectivity index (χ0) is 20.5. The Morgan fingerprint density at radius 3 is 2.24 bits per heavy atom. The van der Waals surface area contributed by atoms with Crippen LogP contribution in [0.1, 0.15) is 61.5 Å². The molecule has 29 heavy (non-hydrogen) atoms. The van der Waals surface area contributed by atoms with Crippen LogP contribution >= 0.6 is 11.3 Å². The van der Waals surface area contributed by atoms with Crippen LogP contribution in [0.5, 0.6) is 5.88 Å². The van der Waals surface area contributed by atoms with E-state index in [4.69, 9.17) is 0 Å². The van der Waals surface area contributed by atoms with E-state index in [0.717, 1.165) is 54.8 Å². The van der Waals surface area contributed by atoms with E-state index in [-0.39, 0.29) is 11.9 Å². The molecule has 0 saturated carbocycles. The maximum Gasteiger partial charge on any atom is 0.230 e. The zero-order valence-electron chi connectivity index (χ0n) is 17.8. The first-order chi connectivity index (χ1) is 14.0. The molecule has 0 bridgehead atoms. The van der Waals surface area contributed by atoms with E-state index in [9.17, 15) is 5.11 Å². The Morgan fingerprint density at radius 2 is 1.69 bits per heavy atom. The van der Waals surface area contributed by atoms with Crippen molar-refractivity contribution in [2.24, 2.45) is 0 Å². The lowest BCUT2D eigenvalue weighted by molar-refractivity contribution is 0.113. The average molecular weight is 414 g/mol.